The molecule has 14 heavy (non-hydrogen) atoms. The lowest BCUT2D eigenvalue weighted by molar-refractivity contribution is 0.104. The number of rotatable bonds is 3. The summed E-state index contributed by atoms with van der Waals surface area (Å²) in [6.07, 6.45) is 2.00. The van der Waals surface area contributed by atoms with Crippen LogP contribution in [0.4, 0.5) is 0 Å². The van der Waals surface area contributed by atoms with Gasteiger partial charge >= 0.3 is 0 Å². The molecule has 1 nitrogen and oxygen atoms in total. The van der Waals surface area contributed by atoms with Gasteiger partial charge in [-0.25, -0.2) is 0 Å². The molecule has 0 saturated heterocycles. The van der Waals surface area contributed by atoms with Crippen LogP contribution in [0.1, 0.15) is 15.2 Å². The molecular formula is C10H8OS3. The summed E-state index contributed by atoms with van der Waals surface area (Å²) in [5.41, 5.74) is 0.838. The third-order valence-electron chi connectivity index (χ3n) is 1.80. The van der Waals surface area contributed by atoms with Gasteiger partial charge in [-0.3, -0.25) is 4.79 Å². The summed E-state index contributed by atoms with van der Waals surface area (Å²) in [5, 5.41) is 3.89. The van der Waals surface area contributed by atoms with Crippen molar-refractivity contribution in [2.75, 3.05) is 6.26 Å². The number of thiophene rings is 2. The molecular weight excluding hydrogens is 232 g/mol. The van der Waals surface area contributed by atoms with Crippen molar-refractivity contribution in [3.05, 3.63) is 39.4 Å². The molecule has 0 aliphatic rings. The Morgan fingerprint density at radius 1 is 1.29 bits per heavy atom. The SMILES string of the molecule is CSc1sccc1C(=O)c1cccs1. The van der Waals surface area contributed by atoms with Crippen LogP contribution >= 0.6 is 34.4 Å². The standard InChI is InChI=1S/C10H8OS3/c1-12-10-7(4-6-14-10)9(11)8-3-2-5-13-8/h2-6H,1H3. The Bertz CT molecular complexity index is 428. The highest BCUT2D eigenvalue weighted by molar-refractivity contribution is 8.00. The molecule has 0 saturated carbocycles. The van der Waals surface area contributed by atoms with Crippen molar-refractivity contribution < 1.29 is 4.79 Å². The van der Waals surface area contributed by atoms with Crippen LogP contribution in [0.3, 0.4) is 0 Å². The highest BCUT2D eigenvalue weighted by Crippen LogP contribution is 2.29. The van der Waals surface area contributed by atoms with Crippen LogP contribution < -0.4 is 0 Å². The molecule has 2 aromatic heterocycles. The molecule has 2 heterocycles. The molecule has 0 fully saturated rings. The molecule has 0 aliphatic carbocycles. The van der Waals surface area contributed by atoms with E-state index < -0.39 is 0 Å². The van der Waals surface area contributed by atoms with Crippen molar-refractivity contribution in [2.45, 2.75) is 4.21 Å². The van der Waals surface area contributed by atoms with E-state index in [2.05, 4.69) is 0 Å². The maximum absolute atomic E-state index is 12.0. The third-order valence-corrected chi connectivity index (χ3v) is 4.76. The topological polar surface area (TPSA) is 17.1 Å². The minimum atomic E-state index is 0.144. The molecule has 72 valence electrons. The Kier molecular flexibility index (Phi) is 3.05. The second-order valence-corrected chi connectivity index (χ2v) is 5.57. The normalized spacial score (nSPS) is 10.4. The van der Waals surface area contributed by atoms with Gasteiger partial charge in [0.05, 0.1) is 9.09 Å². The van der Waals surface area contributed by atoms with Crippen molar-refractivity contribution in [3.63, 3.8) is 0 Å². The van der Waals surface area contributed by atoms with E-state index in [-0.39, 0.29) is 5.78 Å². The zero-order valence-corrected chi connectivity index (χ0v) is 9.97. The van der Waals surface area contributed by atoms with E-state index in [0.29, 0.717) is 0 Å². The zero-order valence-electron chi connectivity index (χ0n) is 7.52. The van der Waals surface area contributed by atoms with Crippen molar-refractivity contribution >= 4 is 40.2 Å². The fourth-order valence-electron chi connectivity index (χ4n) is 1.16. The van der Waals surface area contributed by atoms with Crippen LogP contribution in [-0.4, -0.2) is 12.0 Å². The van der Waals surface area contributed by atoms with Crippen molar-refractivity contribution in [1.82, 2.24) is 0 Å². The van der Waals surface area contributed by atoms with Crippen molar-refractivity contribution in [2.24, 2.45) is 0 Å². The molecule has 0 N–H and O–H groups in total. The molecule has 2 rings (SSSR count). The molecule has 0 bridgehead atoms. The lowest BCUT2D eigenvalue weighted by Crippen LogP contribution is -1.97. The number of hydrogen-bond acceptors (Lipinski definition) is 4. The smallest absolute Gasteiger partial charge is 0.204 e. The Balaban J connectivity index is 2.36. The summed E-state index contributed by atoms with van der Waals surface area (Å²) in [7, 11) is 0. The van der Waals surface area contributed by atoms with Crippen LogP contribution in [-0.2, 0) is 0 Å². The molecule has 0 spiro atoms. The second kappa shape index (κ2) is 4.29. The van der Waals surface area contributed by atoms with Crippen LogP contribution in [0, 0.1) is 0 Å². The monoisotopic (exact) mass is 240 g/mol. The minimum absolute atomic E-state index is 0.144. The van der Waals surface area contributed by atoms with Gasteiger partial charge < -0.3 is 0 Å². The lowest BCUT2D eigenvalue weighted by Gasteiger charge is -1.97. The van der Waals surface area contributed by atoms with Crippen LogP contribution in [0.25, 0.3) is 0 Å². The first-order chi connectivity index (χ1) is 6.83. The van der Waals surface area contributed by atoms with E-state index in [1.807, 2.05) is 35.2 Å². The summed E-state index contributed by atoms with van der Waals surface area (Å²) in [5.74, 6) is 0.144. The average Bonchev–Trinajstić information content (AvgIpc) is 2.87. The number of carbonyl (C=O) groups is 1. The Morgan fingerprint density at radius 3 is 2.79 bits per heavy atom. The van der Waals surface area contributed by atoms with Crippen molar-refractivity contribution in [1.29, 1.82) is 0 Å². The fourth-order valence-corrected chi connectivity index (χ4v) is 3.39. The molecule has 0 amide bonds. The lowest BCUT2D eigenvalue weighted by atomic mass is 10.2. The van der Waals surface area contributed by atoms with E-state index in [1.165, 1.54) is 11.3 Å². The second-order valence-electron chi connectivity index (χ2n) is 2.63. The first-order valence-corrected chi connectivity index (χ1v) is 7.01. The molecule has 0 aromatic carbocycles. The maximum Gasteiger partial charge on any atom is 0.204 e. The van der Waals surface area contributed by atoms with Crippen molar-refractivity contribution in [3.8, 4) is 0 Å². The number of ketones is 1. The predicted molar refractivity (Wildman–Crippen MR) is 63.9 cm³/mol. The third kappa shape index (κ3) is 1.78. The van der Waals surface area contributed by atoms with Gasteiger partial charge in [-0.1, -0.05) is 6.07 Å². The summed E-state index contributed by atoms with van der Waals surface area (Å²) in [6.45, 7) is 0. The first-order valence-electron chi connectivity index (χ1n) is 4.02. The summed E-state index contributed by atoms with van der Waals surface area (Å²) >= 11 is 4.75. The van der Waals surface area contributed by atoms with E-state index >= 15 is 0 Å². The van der Waals surface area contributed by atoms with Gasteiger partial charge in [0.2, 0.25) is 5.78 Å². The summed E-state index contributed by atoms with van der Waals surface area (Å²) in [4.78, 5) is 12.8. The number of thioether (sulfide) groups is 1. The summed E-state index contributed by atoms with van der Waals surface area (Å²) in [6, 6.07) is 5.68. The molecule has 0 radical (unpaired) electrons. The average molecular weight is 240 g/mol. The highest BCUT2D eigenvalue weighted by atomic mass is 32.2. The molecule has 0 aliphatic heterocycles. The van der Waals surface area contributed by atoms with Crippen LogP contribution in [0.2, 0.25) is 0 Å². The zero-order chi connectivity index (χ0) is 9.97. The summed E-state index contributed by atoms with van der Waals surface area (Å²) < 4.78 is 1.10. The van der Waals surface area contributed by atoms with Gasteiger partial charge in [0, 0.05) is 5.56 Å². The quantitative estimate of drug-likeness (QED) is 0.600. The fraction of sp³-hybridized carbons (Fsp3) is 0.100. The predicted octanol–water partition coefficient (Wildman–Crippen LogP) is 3.76. The largest absolute Gasteiger partial charge is 0.288 e. The first kappa shape index (κ1) is 9.96. The number of hydrogen-bond donors (Lipinski definition) is 0. The van der Waals surface area contributed by atoms with E-state index in [1.54, 1.807) is 23.1 Å². The Labute approximate surface area is 94.8 Å². The number of carbonyl (C=O) groups excluding carboxylic acids is 1. The van der Waals surface area contributed by atoms with Gasteiger partial charge in [-0.2, -0.15) is 0 Å². The highest BCUT2D eigenvalue weighted by Gasteiger charge is 2.14. The molecule has 4 heteroatoms. The Morgan fingerprint density at radius 2 is 2.14 bits per heavy atom. The minimum Gasteiger partial charge on any atom is -0.288 e. The molecule has 2 aromatic rings. The van der Waals surface area contributed by atoms with E-state index in [0.717, 1.165) is 14.6 Å². The van der Waals surface area contributed by atoms with Gasteiger partial charge in [-0.15, -0.1) is 34.4 Å². The van der Waals surface area contributed by atoms with Gasteiger partial charge in [0.1, 0.15) is 0 Å². The van der Waals surface area contributed by atoms with Gasteiger partial charge in [0.25, 0.3) is 0 Å². The van der Waals surface area contributed by atoms with E-state index in [9.17, 15) is 4.79 Å². The van der Waals surface area contributed by atoms with Gasteiger partial charge in [-0.05, 0) is 29.1 Å². The Hall–Kier alpha value is -0.580. The van der Waals surface area contributed by atoms with Crippen LogP contribution in [0.15, 0.2) is 33.2 Å². The van der Waals surface area contributed by atoms with Gasteiger partial charge in [0.15, 0.2) is 0 Å². The van der Waals surface area contributed by atoms with Crippen LogP contribution in [0.5, 0.6) is 0 Å². The molecule has 0 unspecified atom stereocenters. The maximum atomic E-state index is 12.0. The molecule has 0 atom stereocenters. The van der Waals surface area contributed by atoms with E-state index in [4.69, 9.17) is 0 Å².